The van der Waals surface area contributed by atoms with E-state index in [4.69, 9.17) is 4.74 Å². The quantitative estimate of drug-likeness (QED) is 0.425. The Morgan fingerprint density at radius 2 is 1.71 bits per heavy atom. The van der Waals surface area contributed by atoms with Gasteiger partial charge in [0, 0.05) is 0 Å². The fourth-order valence-corrected chi connectivity index (χ4v) is 7.58. The summed E-state index contributed by atoms with van der Waals surface area (Å²) in [5.41, 5.74) is -0.301. The van der Waals surface area contributed by atoms with Gasteiger partial charge >= 0.3 is 192 Å². The Morgan fingerprint density at radius 3 is 2.32 bits per heavy atom. The third kappa shape index (κ3) is 8.45. The number of aliphatic carboxylic acids is 1. The predicted octanol–water partition coefficient (Wildman–Crippen LogP) is 2.44. The maximum absolute atomic E-state index is 12.6. The van der Waals surface area contributed by atoms with Crippen LogP contribution in [0.5, 0.6) is 0 Å². The normalized spacial score (nSPS) is 12.6. The first-order valence-electron chi connectivity index (χ1n) is 9.16. The summed E-state index contributed by atoms with van der Waals surface area (Å²) in [6.45, 7) is 5.06. The van der Waals surface area contributed by atoms with Gasteiger partial charge in [-0.25, -0.2) is 0 Å². The number of alkyl carbamates (subject to hydrolysis) is 1. The molecule has 1 unspecified atom stereocenters. The van der Waals surface area contributed by atoms with Crippen LogP contribution in [0.3, 0.4) is 0 Å². The van der Waals surface area contributed by atoms with Crippen LogP contribution in [0.25, 0.3) is 0 Å². The van der Waals surface area contributed by atoms with Gasteiger partial charge in [0.15, 0.2) is 0 Å². The summed E-state index contributed by atoms with van der Waals surface area (Å²) in [6.07, 6.45) is -0.802. The first kappa shape index (κ1) is 25.1. The number of para-hydroxylation sites is 1. The number of sulfonamides is 1. The van der Waals surface area contributed by atoms with E-state index >= 15 is 0 Å². The van der Waals surface area contributed by atoms with Gasteiger partial charge in [0.1, 0.15) is 0 Å². The Bertz CT molecular complexity index is 1010. The van der Waals surface area contributed by atoms with Crippen molar-refractivity contribution in [3.05, 3.63) is 54.6 Å². The predicted molar refractivity (Wildman–Crippen MR) is 122 cm³/mol. The molecular formula is C20H24N2O6S2Se. The molecule has 11 heteroatoms. The van der Waals surface area contributed by atoms with Crippen molar-refractivity contribution in [3.8, 4) is 0 Å². The van der Waals surface area contributed by atoms with Gasteiger partial charge in [-0.2, -0.15) is 0 Å². The molecule has 0 aromatic heterocycles. The molecule has 8 nitrogen and oxygen atoms in total. The Hall–Kier alpha value is -2.20. The van der Waals surface area contributed by atoms with E-state index < -0.39 is 33.7 Å². The molecule has 0 saturated carbocycles. The number of rotatable bonds is 9. The van der Waals surface area contributed by atoms with Crippen LogP contribution in [0.4, 0.5) is 10.5 Å². The van der Waals surface area contributed by atoms with Crippen molar-refractivity contribution >= 4 is 56.3 Å². The molecule has 0 aliphatic rings. The average Bonchev–Trinajstić information content (AvgIpc) is 2.67. The number of nitrogens with one attached hydrogen (secondary N) is 2. The minimum absolute atomic E-state index is 0.106. The molecule has 3 N–H and O–H groups in total. The molecule has 2 rings (SSSR count). The van der Waals surface area contributed by atoms with Gasteiger partial charge in [-0.05, 0) is 0 Å². The number of amides is 1. The van der Waals surface area contributed by atoms with Gasteiger partial charge < -0.3 is 0 Å². The number of anilines is 1. The summed E-state index contributed by atoms with van der Waals surface area (Å²) in [7, 11) is -2.43. The number of hydrogen-bond donors (Lipinski definition) is 3. The summed E-state index contributed by atoms with van der Waals surface area (Å²) in [5.74, 6) is -1.07. The van der Waals surface area contributed by atoms with E-state index in [0.29, 0.717) is 5.69 Å². The van der Waals surface area contributed by atoms with Crippen LogP contribution >= 0.6 is 10.2 Å². The first-order chi connectivity index (χ1) is 14.5. The molecular weight excluding hydrogens is 507 g/mol. The van der Waals surface area contributed by atoms with Gasteiger partial charge in [-0.15, -0.1) is 0 Å². The molecule has 168 valence electrons. The van der Waals surface area contributed by atoms with E-state index in [0.717, 1.165) is 4.46 Å². The van der Waals surface area contributed by atoms with Crippen molar-refractivity contribution in [3.63, 3.8) is 0 Å². The van der Waals surface area contributed by atoms with Gasteiger partial charge in [0.05, 0.1) is 0 Å². The minimum atomic E-state index is -3.74. The number of ether oxygens (including phenoxy) is 1. The number of benzene rings is 2. The first-order valence-corrected chi connectivity index (χ1v) is 14.5. The summed E-state index contributed by atoms with van der Waals surface area (Å²) in [6, 6.07) is 13.8. The van der Waals surface area contributed by atoms with Crippen LogP contribution in [0.1, 0.15) is 20.8 Å². The van der Waals surface area contributed by atoms with Gasteiger partial charge in [0.25, 0.3) is 0 Å². The molecule has 0 saturated heterocycles. The van der Waals surface area contributed by atoms with Crippen molar-refractivity contribution in [2.75, 3.05) is 10.5 Å². The number of hydrogen-bond acceptors (Lipinski definition) is 6. The SMILES string of the molecule is CC(C)(C)OC(=O)NC(CS[Se]c1ccccc1NS(=O)(=O)c1ccccc1)C(=O)O. The van der Waals surface area contributed by atoms with Crippen molar-refractivity contribution in [2.45, 2.75) is 37.3 Å². The number of carboxylic acid groups (broad SMARTS) is 1. The van der Waals surface area contributed by atoms with Crippen LogP contribution < -0.4 is 14.5 Å². The molecule has 0 bridgehead atoms. The van der Waals surface area contributed by atoms with Crippen LogP contribution in [-0.4, -0.2) is 56.8 Å². The van der Waals surface area contributed by atoms with Crippen molar-refractivity contribution in [1.29, 1.82) is 0 Å². The van der Waals surface area contributed by atoms with Crippen LogP contribution in [0.15, 0.2) is 59.5 Å². The summed E-state index contributed by atoms with van der Waals surface area (Å²) in [5, 5.41) is 11.7. The molecule has 0 fully saturated rings. The Balaban J connectivity index is 2.02. The fourth-order valence-electron chi connectivity index (χ4n) is 2.22. The molecule has 0 aliphatic carbocycles. The zero-order chi connectivity index (χ0) is 23.1. The molecule has 0 aliphatic heterocycles. The fraction of sp³-hybridized carbons (Fsp3) is 0.300. The molecule has 0 heterocycles. The number of carbonyl (C=O) groups excluding carboxylic acids is 1. The van der Waals surface area contributed by atoms with E-state index in [-0.39, 0.29) is 24.5 Å². The van der Waals surface area contributed by atoms with E-state index in [2.05, 4.69) is 10.0 Å². The zero-order valence-corrected chi connectivity index (χ0v) is 20.5. The summed E-state index contributed by atoms with van der Waals surface area (Å²) < 4.78 is 33.7. The van der Waals surface area contributed by atoms with Crippen molar-refractivity contribution < 1.29 is 27.9 Å². The topological polar surface area (TPSA) is 122 Å². The van der Waals surface area contributed by atoms with Crippen LogP contribution in [0, 0.1) is 0 Å². The second-order valence-corrected chi connectivity index (χ2v) is 13.2. The molecule has 0 radical (unpaired) electrons. The Kier molecular flexibility index (Phi) is 8.81. The molecule has 1 amide bonds. The third-order valence-electron chi connectivity index (χ3n) is 3.56. The number of carbonyl (C=O) groups is 2. The summed E-state index contributed by atoms with van der Waals surface area (Å²) >= 11 is -0.306. The third-order valence-corrected chi connectivity index (χ3v) is 9.18. The molecule has 31 heavy (non-hydrogen) atoms. The Labute approximate surface area is 191 Å². The molecule has 1 atom stereocenters. The average molecular weight is 532 g/mol. The van der Waals surface area contributed by atoms with Crippen molar-refractivity contribution in [1.82, 2.24) is 5.32 Å². The van der Waals surface area contributed by atoms with Crippen LogP contribution in [-0.2, 0) is 19.6 Å². The van der Waals surface area contributed by atoms with E-state index in [1.165, 1.54) is 22.3 Å². The second kappa shape index (κ2) is 10.9. The summed E-state index contributed by atoms with van der Waals surface area (Å²) in [4.78, 5) is 23.5. The monoisotopic (exact) mass is 532 g/mol. The van der Waals surface area contributed by atoms with E-state index in [1.807, 2.05) is 0 Å². The molecule has 2 aromatic carbocycles. The second-order valence-electron chi connectivity index (χ2n) is 7.32. The number of carboxylic acids is 1. The maximum atomic E-state index is 12.6. The van der Waals surface area contributed by atoms with Gasteiger partial charge in [-0.3, -0.25) is 0 Å². The Morgan fingerprint density at radius 1 is 1.10 bits per heavy atom. The van der Waals surface area contributed by atoms with Gasteiger partial charge in [-0.1, -0.05) is 0 Å². The molecule has 0 spiro atoms. The van der Waals surface area contributed by atoms with Crippen molar-refractivity contribution in [2.24, 2.45) is 0 Å². The van der Waals surface area contributed by atoms with E-state index in [9.17, 15) is 23.1 Å². The van der Waals surface area contributed by atoms with Gasteiger partial charge in [0.2, 0.25) is 0 Å². The van der Waals surface area contributed by atoms with Crippen LogP contribution in [0.2, 0.25) is 0 Å². The van der Waals surface area contributed by atoms with E-state index in [1.54, 1.807) is 63.2 Å². The molecule has 2 aromatic rings. The zero-order valence-electron chi connectivity index (χ0n) is 17.2. The standard InChI is InChI=1S/C20H24N2O6S2Se/c1-20(2,3)28-19(25)21-16(18(23)24)13-29-31-17-12-8-7-11-15(17)22-30(26,27)14-9-5-4-6-10-14/h4-12,16,22H,13H2,1-3H3,(H,21,25)(H,23,24).